The van der Waals surface area contributed by atoms with Crippen molar-refractivity contribution in [2.45, 2.75) is 39.5 Å². The van der Waals surface area contributed by atoms with Crippen LogP contribution in [0.15, 0.2) is 16.8 Å². The molecule has 2 rings (SSSR count). The number of hydrogen-bond acceptors (Lipinski definition) is 5. The maximum atomic E-state index is 5.25. The number of thiophene rings is 1. The van der Waals surface area contributed by atoms with Gasteiger partial charge in [0.2, 0.25) is 0 Å². The van der Waals surface area contributed by atoms with E-state index in [1.54, 1.807) is 29.8 Å². The van der Waals surface area contributed by atoms with Gasteiger partial charge in [-0.25, -0.2) is 4.98 Å². The molecule has 0 atom stereocenters. The van der Waals surface area contributed by atoms with E-state index in [9.17, 15) is 0 Å². The van der Waals surface area contributed by atoms with Crippen molar-refractivity contribution in [1.29, 1.82) is 0 Å². The quantitative estimate of drug-likeness (QED) is 0.908. The molecule has 0 aliphatic rings. The Morgan fingerprint density at radius 3 is 2.74 bits per heavy atom. The first-order valence-corrected chi connectivity index (χ1v) is 8.00. The van der Waals surface area contributed by atoms with Gasteiger partial charge in [0.1, 0.15) is 5.01 Å². The molecule has 0 amide bonds. The molecule has 0 aromatic carbocycles. The lowest BCUT2D eigenvalue weighted by molar-refractivity contribution is 0.181. The molecule has 2 heterocycles. The molecular formula is C14H20N2OS2. The van der Waals surface area contributed by atoms with Crippen molar-refractivity contribution in [3.8, 4) is 10.6 Å². The largest absolute Gasteiger partial charge is 0.378 e. The molecule has 0 aliphatic carbocycles. The summed E-state index contributed by atoms with van der Waals surface area (Å²) in [6.07, 6.45) is 0. The zero-order chi connectivity index (χ0) is 13.9. The number of methoxy groups -OCH3 is 1. The second kappa shape index (κ2) is 6.13. The minimum Gasteiger partial charge on any atom is -0.378 e. The standard InChI is InChI=1S/C14H20N2OS2/c1-14(2,3)15-7-12-11(8-17-4)16-13(19-12)10-5-6-18-9-10/h5-6,9,15H,7-8H2,1-4H3. The predicted molar refractivity (Wildman–Crippen MR) is 82.7 cm³/mol. The second-order valence-corrected chi connectivity index (χ2v) is 7.30. The van der Waals surface area contributed by atoms with E-state index < -0.39 is 0 Å². The topological polar surface area (TPSA) is 34.1 Å². The van der Waals surface area contributed by atoms with Gasteiger partial charge in [0, 0.05) is 35.0 Å². The first kappa shape index (κ1) is 14.7. The summed E-state index contributed by atoms with van der Waals surface area (Å²) in [7, 11) is 1.71. The maximum Gasteiger partial charge on any atom is 0.124 e. The molecule has 3 nitrogen and oxygen atoms in total. The summed E-state index contributed by atoms with van der Waals surface area (Å²) in [5.74, 6) is 0. The number of thiazole rings is 1. The van der Waals surface area contributed by atoms with Crippen LogP contribution in [0.1, 0.15) is 31.3 Å². The Kier molecular flexibility index (Phi) is 4.73. The average molecular weight is 296 g/mol. The third kappa shape index (κ3) is 4.11. The first-order valence-electron chi connectivity index (χ1n) is 6.25. The third-order valence-electron chi connectivity index (χ3n) is 2.61. The summed E-state index contributed by atoms with van der Waals surface area (Å²) < 4.78 is 5.25. The van der Waals surface area contributed by atoms with Crippen LogP contribution in [0.25, 0.3) is 10.6 Å². The second-order valence-electron chi connectivity index (χ2n) is 5.44. The molecule has 104 valence electrons. The number of nitrogens with one attached hydrogen (secondary N) is 1. The highest BCUT2D eigenvalue weighted by Crippen LogP contribution is 2.30. The fourth-order valence-corrected chi connectivity index (χ4v) is 3.34. The molecular weight excluding hydrogens is 276 g/mol. The third-order valence-corrected chi connectivity index (χ3v) is 4.44. The van der Waals surface area contributed by atoms with E-state index in [1.165, 1.54) is 10.4 Å². The minimum absolute atomic E-state index is 0.108. The normalized spacial score (nSPS) is 12.0. The number of nitrogens with zero attached hydrogens (tertiary/aromatic N) is 1. The average Bonchev–Trinajstić information content (AvgIpc) is 2.94. The smallest absolute Gasteiger partial charge is 0.124 e. The lowest BCUT2D eigenvalue weighted by Gasteiger charge is -2.20. The van der Waals surface area contributed by atoms with Gasteiger partial charge >= 0.3 is 0 Å². The van der Waals surface area contributed by atoms with Gasteiger partial charge in [-0.2, -0.15) is 11.3 Å². The highest BCUT2D eigenvalue weighted by atomic mass is 32.1. The molecule has 0 aliphatic heterocycles. The van der Waals surface area contributed by atoms with Crippen LogP contribution in [0.4, 0.5) is 0 Å². The first-order chi connectivity index (χ1) is 8.99. The SMILES string of the molecule is COCc1nc(-c2ccsc2)sc1CNC(C)(C)C. The lowest BCUT2D eigenvalue weighted by Crippen LogP contribution is -2.35. The Morgan fingerprint density at radius 1 is 1.37 bits per heavy atom. The Morgan fingerprint density at radius 2 is 2.16 bits per heavy atom. The van der Waals surface area contributed by atoms with E-state index in [0.29, 0.717) is 6.61 Å². The van der Waals surface area contributed by atoms with Crippen LogP contribution in [0, 0.1) is 0 Å². The monoisotopic (exact) mass is 296 g/mol. The molecule has 0 saturated heterocycles. The highest BCUT2D eigenvalue weighted by molar-refractivity contribution is 7.15. The Bertz CT molecular complexity index is 512. The van der Waals surface area contributed by atoms with Gasteiger partial charge in [-0.05, 0) is 32.2 Å². The van der Waals surface area contributed by atoms with Crippen LogP contribution < -0.4 is 5.32 Å². The zero-order valence-corrected chi connectivity index (χ0v) is 13.5. The molecule has 0 radical (unpaired) electrons. The summed E-state index contributed by atoms with van der Waals surface area (Å²) in [5.41, 5.74) is 2.36. The Hall–Kier alpha value is -0.750. The van der Waals surface area contributed by atoms with Crippen molar-refractivity contribution in [2.75, 3.05) is 7.11 Å². The maximum absolute atomic E-state index is 5.25. The van der Waals surface area contributed by atoms with Gasteiger partial charge in [-0.1, -0.05) is 0 Å². The fourth-order valence-electron chi connectivity index (χ4n) is 1.63. The highest BCUT2D eigenvalue weighted by Gasteiger charge is 2.15. The van der Waals surface area contributed by atoms with Crippen molar-refractivity contribution in [3.05, 3.63) is 27.4 Å². The van der Waals surface area contributed by atoms with Crippen LogP contribution in [-0.4, -0.2) is 17.6 Å². The van der Waals surface area contributed by atoms with E-state index in [0.717, 1.165) is 17.2 Å². The van der Waals surface area contributed by atoms with Gasteiger partial charge in [-0.15, -0.1) is 11.3 Å². The van der Waals surface area contributed by atoms with E-state index in [1.807, 2.05) is 0 Å². The summed E-state index contributed by atoms with van der Waals surface area (Å²) in [5, 5.41) is 8.81. The molecule has 0 unspecified atom stereocenters. The fraction of sp³-hybridized carbons (Fsp3) is 0.500. The van der Waals surface area contributed by atoms with Gasteiger partial charge < -0.3 is 10.1 Å². The molecule has 1 N–H and O–H groups in total. The van der Waals surface area contributed by atoms with Crippen LogP contribution in [0.2, 0.25) is 0 Å². The van der Waals surface area contributed by atoms with Gasteiger partial charge in [0.05, 0.1) is 12.3 Å². The van der Waals surface area contributed by atoms with Crippen molar-refractivity contribution in [2.24, 2.45) is 0 Å². The number of aromatic nitrogens is 1. The van der Waals surface area contributed by atoms with Crippen LogP contribution >= 0.6 is 22.7 Å². The summed E-state index contributed by atoms with van der Waals surface area (Å²) in [6, 6.07) is 2.11. The van der Waals surface area contributed by atoms with Crippen molar-refractivity contribution in [3.63, 3.8) is 0 Å². The lowest BCUT2D eigenvalue weighted by atomic mass is 10.1. The van der Waals surface area contributed by atoms with E-state index in [4.69, 9.17) is 9.72 Å². The van der Waals surface area contributed by atoms with Crippen molar-refractivity contribution < 1.29 is 4.74 Å². The number of hydrogen-bond donors (Lipinski definition) is 1. The Balaban J connectivity index is 2.21. The summed E-state index contributed by atoms with van der Waals surface area (Å²) in [4.78, 5) is 5.97. The number of ether oxygens (including phenoxy) is 1. The number of rotatable bonds is 5. The van der Waals surface area contributed by atoms with Gasteiger partial charge in [-0.3, -0.25) is 0 Å². The van der Waals surface area contributed by atoms with Crippen LogP contribution in [0.5, 0.6) is 0 Å². The molecule has 2 aromatic heterocycles. The summed E-state index contributed by atoms with van der Waals surface area (Å²) in [6.45, 7) is 7.92. The van der Waals surface area contributed by atoms with E-state index in [-0.39, 0.29) is 5.54 Å². The van der Waals surface area contributed by atoms with Crippen LogP contribution in [-0.2, 0) is 17.9 Å². The molecule has 0 fully saturated rings. The molecule has 2 aromatic rings. The molecule has 0 saturated carbocycles. The van der Waals surface area contributed by atoms with Gasteiger partial charge in [0.15, 0.2) is 0 Å². The van der Waals surface area contributed by atoms with E-state index >= 15 is 0 Å². The van der Waals surface area contributed by atoms with Gasteiger partial charge in [0.25, 0.3) is 0 Å². The molecule has 0 spiro atoms. The molecule has 0 bridgehead atoms. The van der Waals surface area contributed by atoms with E-state index in [2.05, 4.69) is 42.9 Å². The predicted octanol–water partition coefficient (Wildman–Crippen LogP) is 3.91. The minimum atomic E-state index is 0.108. The van der Waals surface area contributed by atoms with Crippen molar-refractivity contribution >= 4 is 22.7 Å². The van der Waals surface area contributed by atoms with Crippen molar-refractivity contribution in [1.82, 2.24) is 10.3 Å². The summed E-state index contributed by atoms with van der Waals surface area (Å²) >= 11 is 3.45. The molecule has 19 heavy (non-hydrogen) atoms. The molecule has 5 heteroatoms. The van der Waals surface area contributed by atoms with Crippen LogP contribution in [0.3, 0.4) is 0 Å². The Labute approximate surface area is 122 Å². The zero-order valence-electron chi connectivity index (χ0n) is 11.8.